The summed E-state index contributed by atoms with van der Waals surface area (Å²) in [6.45, 7) is 2.33. The molecule has 2 heterocycles. The molecule has 1 aromatic heterocycles. The van der Waals surface area contributed by atoms with E-state index >= 15 is 0 Å². The van der Waals surface area contributed by atoms with Gasteiger partial charge in [0.05, 0.1) is 12.1 Å². The highest BCUT2D eigenvalue weighted by atomic mass is 35.5. The van der Waals surface area contributed by atoms with Gasteiger partial charge in [-0.3, -0.25) is 9.59 Å². The van der Waals surface area contributed by atoms with Crippen molar-refractivity contribution in [1.82, 2.24) is 5.43 Å². The molecule has 24 heavy (non-hydrogen) atoms. The Kier molecular flexibility index (Phi) is 4.97. The van der Waals surface area contributed by atoms with E-state index in [0.717, 1.165) is 16.1 Å². The molecule has 7 heteroatoms. The van der Waals surface area contributed by atoms with Crippen LogP contribution in [0.5, 0.6) is 0 Å². The number of aryl methyl sites for hydroxylation is 1. The van der Waals surface area contributed by atoms with Crippen molar-refractivity contribution in [3.8, 4) is 0 Å². The number of halogens is 1. The van der Waals surface area contributed by atoms with Gasteiger partial charge in [0.25, 0.3) is 0 Å². The van der Waals surface area contributed by atoms with E-state index in [4.69, 9.17) is 11.6 Å². The van der Waals surface area contributed by atoms with Crippen LogP contribution < -0.4 is 10.3 Å². The number of thiophene rings is 1. The average Bonchev–Trinajstić information content (AvgIpc) is 3.14. The van der Waals surface area contributed by atoms with Crippen molar-refractivity contribution in [1.29, 1.82) is 0 Å². The molecule has 1 aromatic carbocycles. The summed E-state index contributed by atoms with van der Waals surface area (Å²) in [4.78, 5) is 27.0. The van der Waals surface area contributed by atoms with Gasteiger partial charge >= 0.3 is 0 Å². The van der Waals surface area contributed by atoms with Gasteiger partial charge in [-0.15, -0.1) is 11.3 Å². The predicted molar refractivity (Wildman–Crippen MR) is 96.7 cm³/mol. The molecule has 2 amide bonds. The van der Waals surface area contributed by atoms with Crippen molar-refractivity contribution in [3.05, 3.63) is 51.2 Å². The van der Waals surface area contributed by atoms with Gasteiger partial charge in [-0.05, 0) is 48.2 Å². The topological polar surface area (TPSA) is 61.8 Å². The number of anilines is 1. The first-order valence-corrected chi connectivity index (χ1v) is 8.73. The fraction of sp³-hybridized carbons (Fsp3) is 0.235. The van der Waals surface area contributed by atoms with Crippen LogP contribution in [0.1, 0.15) is 16.9 Å². The Morgan fingerprint density at radius 1 is 1.38 bits per heavy atom. The van der Waals surface area contributed by atoms with Crippen LogP contribution in [0.15, 0.2) is 40.8 Å². The first kappa shape index (κ1) is 16.7. The molecule has 0 bridgehead atoms. The van der Waals surface area contributed by atoms with Crippen LogP contribution in [-0.2, 0) is 9.59 Å². The molecule has 1 aliphatic heterocycles. The molecule has 1 atom stereocenters. The SMILES string of the molecule is Cc1ccsc1/C=N/NC(=O)C1CC(=O)N(c2ccc(Cl)cc2)C1. The molecule has 1 N–H and O–H groups in total. The van der Waals surface area contributed by atoms with Crippen molar-refractivity contribution in [2.45, 2.75) is 13.3 Å². The predicted octanol–water partition coefficient (Wildman–Crippen LogP) is 3.21. The summed E-state index contributed by atoms with van der Waals surface area (Å²) < 4.78 is 0. The van der Waals surface area contributed by atoms with Crippen LogP contribution in [0.2, 0.25) is 5.02 Å². The lowest BCUT2D eigenvalue weighted by atomic mass is 10.1. The van der Waals surface area contributed by atoms with Crippen LogP contribution in [-0.4, -0.2) is 24.6 Å². The average molecular weight is 362 g/mol. The normalized spacial score (nSPS) is 17.7. The van der Waals surface area contributed by atoms with Crippen LogP contribution in [0.4, 0.5) is 5.69 Å². The van der Waals surface area contributed by atoms with E-state index in [1.807, 2.05) is 18.4 Å². The van der Waals surface area contributed by atoms with Gasteiger partial charge < -0.3 is 4.90 Å². The number of benzene rings is 1. The summed E-state index contributed by atoms with van der Waals surface area (Å²) in [7, 11) is 0. The molecule has 1 aliphatic rings. The Morgan fingerprint density at radius 2 is 2.12 bits per heavy atom. The van der Waals surface area contributed by atoms with Gasteiger partial charge in [0.15, 0.2) is 0 Å². The third kappa shape index (κ3) is 3.66. The van der Waals surface area contributed by atoms with Crippen molar-refractivity contribution in [3.63, 3.8) is 0 Å². The van der Waals surface area contributed by atoms with E-state index in [1.165, 1.54) is 0 Å². The summed E-state index contributed by atoms with van der Waals surface area (Å²) in [5.74, 6) is -0.726. The molecule has 0 saturated carbocycles. The van der Waals surface area contributed by atoms with Gasteiger partial charge in [0, 0.05) is 28.6 Å². The Hall–Kier alpha value is -2.18. The van der Waals surface area contributed by atoms with Crippen molar-refractivity contribution in [2.24, 2.45) is 11.0 Å². The highest BCUT2D eigenvalue weighted by Crippen LogP contribution is 2.26. The summed E-state index contributed by atoms with van der Waals surface area (Å²) in [5, 5.41) is 6.57. The lowest BCUT2D eigenvalue weighted by Crippen LogP contribution is -2.30. The third-order valence-corrected chi connectivity index (χ3v) is 5.10. The zero-order chi connectivity index (χ0) is 17.1. The number of carbonyl (C=O) groups is 2. The zero-order valence-corrected chi connectivity index (χ0v) is 14.6. The minimum atomic E-state index is -0.408. The lowest BCUT2D eigenvalue weighted by molar-refractivity contribution is -0.126. The fourth-order valence-corrected chi connectivity index (χ4v) is 3.43. The molecule has 2 aromatic rings. The minimum absolute atomic E-state index is 0.0736. The Labute approximate surface area is 148 Å². The molecule has 1 unspecified atom stereocenters. The second kappa shape index (κ2) is 7.15. The van der Waals surface area contributed by atoms with Crippen LogP contribution in [0, 0.1) is 12.8 Å². The maximum Gasteiger partial charge on any atom is 0.245 e. The quantitative estimate of drug-likeness (QED) is 0.671. The molecule has 124 valence electrons. The fourth-order valence-electron chi connectivity index (χ4n) is 2.52. The summed E-state index contributed by atoms with van der Waals surface area (Å²) >= 11 is 7.42. The zero-order valence-electron chi connectivity index (χ0n) is 13.0. The minimum Gasteiger partial charge on any atom is -0.312 e. The molecule has 1 fully saturated rings. The highest BCUT2D eigenvalue weighted by Gasteiger charge is 2.35. The van der Waals surface area contributed by atoms with Crippen molar-refractivity contribution >= 4 is 46.7 Å². The Morgan fingerprint density at radius 3 is 2.79 bits per heavy atom. The first-order chi connectivity index (χ1) is 11.5. The second-order valence-electron chi connectivity index (χ2n) is 5.58. The molecule has 1 saturated heterocycles. The Bertz CT molecular complexity index is 785. The highest BCUT2D eigenvalue weighted by molar-refractivity contribution is 7.11. The van der Waals surface area contributed by atoms with E-state index in [0.29, 0.717) is 11.6 Å². The van der Waals surface area contributed by atoms with Crippen LogP contribution in [0.25, 0.3) is 0 Å². The molecule has 0 radical (unpaired) electrons. The molecule has 5 nitrogen and oxygen atoms in total. The maximum atomic E-state index is 12.2. The molecule has 0 aliphatic carbocycles. The van der Waals surface area contributed by atoms with E-state index in [1.54, 1.807) is 46.7 Å². The van der Waals surface area contributed by atoms with Crippen LogP contribution in [0.3, 0.4) is 0 Å². The van der Waals surface area contributed by atoms with E-state index in [2.05, 4.69) is 10.5 Å². The number of rotatable bonds is 4. The number of hydrogen-bond acceptors (Lipinski definition) is 4. The Balaban J connectivity index is 1.60. The smallest absolute Gasteiger partial charge is 0.245 e. The van der Waals surface area contributed by atoms with Gasteiger partial charge in [-0.1, -0.05) is 11.6 Å². The van der Waals surface area contributed by atoms with Crippen molar-refractivity contribution in [2.75, 3.05) is 11.4 Å². The van der Waals surface area contributed by atoms with E-state index in [9.17, 15) is 9.59 Å². The molecular formula is C17H16ClN3O2S. The number of amides is 2. The molecule has 3 rings (SSSR count). The third-order valence-electron chi connectivity index (χ3n) is 3.89. The molecule has 0 spiro atoms. The number of nitrogens with one attached hydrogen (secondary N) is 1. The van der Waals surface area contributed by atoms with Gasteiger partial charge in [0.1, 0.15) is 0 Å². The molecular weight excluding hydrogens is 346 g/mol. The summed E-state index contributed by atoms with van der Waals surface area (Å²) in [6, 6.07) is 9.00. The van der Waals surface area contributed by atoms with Crippen LogP contribution >= 0.6 is 22.9 Å². The van der Waals surface area contributed by atoms with Crippen molar-refractivity contribution < 1.29 is 9.59 Å². The van der Waals surface area contributed by atoms with Gasteiger partial charge in [-0.2, -0.15) is 5.10 Å². The number of hydrazone groups is 1. The number of carbonyl (C=O) groups excluding carboxylic acids is 2. The van der Waals surface area contributed by atoms with Gasteiger partial charge in [0.2, 0.25) is 11.8 Å². The number of hydrogen-bond donors (Lipinski definition) is 1. The van der Waals surface area contributed by atoms with E-state index in [-0.39, 0.29) is 18.2 Å². The van der Waals surface area contributed by atoms with E-state index < -0.39 is 5.92 Å². The maximum absolute atomic E-state index is 12.2. The summed E-state index contributed by atoms with van der Waals surface area (Å²) in [6.07, 6.45) is 1.81. The standard InChI is InChI=1S/C17H16ClN3O2S/c1-11-6-7-24-15(11)9-19-20-17(23)12-8-16(22)21(10-12)14-4-2-13(18)3-5-14/h2-7,9,12H,8,10H2,1H3,(H,20,23)/b19-9+. The monoisotopic (exact) mass is 361 g/mol. The van der Waals surface area contributed by atoms with Gasteiger partial charge in [-0.25, -0.2) is 5.43 Å². The summed E-state index contributed by atoms with van der Waals surface area (Å²) in [5.41, 5.74) is 4.39. The first-order valence-electron chi connectivity index (χ1n) is 7.47. The lowest BCUT2D eigenvalue weighted by Gasteiger charge is -2.16. The second-order valence-corrected chi connectivity index (χ2v) is 6.97. The number of nitrogens with zero attached hydrogens (tertiary/aromatic N) is 2. The largest absolute Gasteiger partial charge is 0.312 e.